The number of fused-ring (bicyclic) bond motifs is 2. The van der Waals surface area contributed by atoms with Gasteiger partial charge in [-0.25, -0.2) is 4.79 Å². The maximum absolute atomic E-state index is 13.0. The van der Waals surface area contributed by atoms with Crippen molar-refractivity contribution in [1.82, 2.24) is 25.6 Å². The van der Waals surface area contributed by atoms with Crippen LogP contribution in [0.4, 0.5) is 4.79 Å². The van der Waals surface area contributed by atoms with Gasteiger partial charge in [0.2, 0.25) is 5.78 Å². The number of hydrogen-bond donors (Lipinski definition) is 2. The molecule has 0 saturated heterocycles. The summed E-state index contributed by atoms with van der Waals surface area (Å²) >= 11 is 0. The second-order valence-corrected chi connectivity index (χ2v) is 8.05. The molecule has 10 heteroatoms. The minimum absolute atomic E-state index is 0.0720. The molecule has 2 unspecified atom stereocenters. The number of rotatable bonds is 7. The number of hydrogen-bond acceptors (Lipinski definition) is 7. The fourth-order valence-corrected chi connectivity index (χ4v) is 3.47. The van der Waals surface area contributed by atoms with Crippen LogP contribution in [0.15, 0.2) is 36.5 Å². The first-order valence-electron chi connectivity index (χ1n) is 10.5. The van der Waals surface area contributed by atoms with Crippen molar-refractivity contribution in [3.63, 3.8) is 0 Å². The first kappa shape index (κ1) is 23.1. The molecule has 1 aliphatic heterocycles. The maximum atomic E-state index is 13.0. The zero-order valence-corrected chi connectivity index (χ0v) is 18.1. The van der Waals surface area contributed by atoms with Crippen LogP contribution in [0.5, 0.6) is 0 Å². The van der Waals surface area contributed by atoms with E-state index in [1.54, 1.807) is 13.8 Å². The summed E-state index contributed by atoms with van der Waals surface area (Å²) in [6.07, 6.45) is 0.709. The van der Waals surface area contributed by atoms with Gasteiger partial charge in [-0.1, -0.05) is 44.2 Å². The van der Waals surface area contributed by atoms with Crippen molar-refractivity contribution in [1.29, 1.82) is 0 Å². The fraction of sp³-hybridized carbons (Fsp3) is 0.455. The van der Waals surface area contributed by atoms with Gasteiger partial charge in [-0.15, -0.1) is 0 Å². The van der Waals surface area contributed by atoms with E-state index in [2.05, 4.69) is 20.8 Å². The number of ether oxygens (including phenoxy) is 1. The number of benzene rings is 1. The van der Waals surface area contributed by atoms with Crippen molar-refractivity contribution in [2.45, 2.75) is 45.9 Å². The van der Waals surface area contributed by atoms with Gasteiger partial charge in [0, 0.05) is 25.3 Å². The molecule has 2 aromatic rings. The highest BCUT2D eigenvalue weighted by atomic mass is 16.5. The number of carbonyl (C=O) groups excluding carboxylic acids is 4. The molecule has 1 aromatic carbocycles. The molecule has 2 amide bonds. The monoisotopic (exact) mass is 441 g/mol. The normalized spacial score (nSPS) is 17.4. The van der Waals surface area contributed by atoms with Gasteiger partial charge in [0.25, 0.3) is 5.91 Å². The summed E-state index contributed by atoms with van der Waals surface area (Å²) in [5.41, 5.74) is 1.35. The van der Waals surface area contributed by atoms with Crippen LogP contribution in [-0.4, -0.2) is 51.1 Å². The van der Waals surface area contributed by atoms with Gasteiger partial charge in [0.05, 0.1) is 24.5 Å². The lowest BCUT2D eigenvalue weighted by Crippen LogP contribution is -2.46. The van der Waals surface area contributed by atoms with Crippen molar-refractivity contribution in [3.8, 4) is 0 Å². The van der Waals surface area contributed by atoms with E-state index in [9.17, 15) is 19.2 Å². The Hall–Kier alpha value is -3.56. The van der Waals surface area contributed by atoms with Crippen molar-refractivity contribution in [3.05, 3.63) is 47.8 Å². The topological polar surface area (TPSA) is 132 Å². The van der Waals surface area contributed by atoms with Crippen LogP contribution in [0, 0.1) is 11.8 Å². The van der Waals surface area contributed by atoms with Crippen LogP contribution < -0.4 is 10.6 Å². The number of nitrogens with one attached hydrogen (secondary N) is 2. The summed E-state index contributed by atoms with van der Waals surface area (Å²) in [6, 6.07) is 8.32. The Morgan fingerprint density at radius 1 is 1.25 bits per heavy atom. The van der Waals surface area contributed by atoms with Crippen molar-refractivity contribution in [2.75, 3.05) is 6.54 Å². The summed E-state index contributed by atoms with van der Waals surface area (Å²) in [4.78, 5) is 51.6. The van der Waals surface area contributed by atoms with E-state index in [4.69, 9.17) is 4.74 Å². The van der Waals surface area contributed by atoms with E-state index >= 15 is 0 Å². The van der Waals surface area contributed by atoms with Crippen molar-refractivity contribution >= 4 is 23.6 Å². The number of carbonyl (C=O) groups is 4. The zero-order chi connectivity index (χ0) is 23.1. The van der Waals surface area contributed by atoms with Gasteiger partial charge in [-0.2, -0.15) is 15.0 Å². The second-order valence-electron chi connectivity index (χ2n) is 8.05. The minimum atomic E-state index is -0.894. The van der Waals surface area contributed by atoms with E-state index in [1.165, 1.54) is 11.0 Å². The van der Waals surface area contributed by atoms with Crippen LogP contribution >= 0.6 is 0 Å². The van der Waals surface area contributed by atoms with Crippen LogP contribution in [-0.2, 0) is 38.7 Å². The number of nitrogens with zero attached hydrogens (tertiary/aromatic N) is 3. The number of alkyl carbamates (subject to hydrolysis) is 1. The van der Waals surface area contributed by atoms with E-state index in [0.29, 0.717) is 12.2 Å². The molecule has 2 heterocycles. The maximum Gasteiger partial charge on any atom is 0.408 e. The standard InChI is InChI=1S/C22H27N5O5/c1-14(2)19(25-22(31)32-13-15-6-4-3-5-7-15)18(28)11-16-10-17-12-24-27(26-17)9-8-23-21(30)20(16)29/h3-7,12,14,16,19H,8-11,13H2,1-2H3,(H,23,30)(H,25,31). The van der Waals surface area contributed by atoms with Crippen molar-refractivity contribution < 1.29 is 23.9 Å². The molecule has 170 valence electrons. The molecule has 1 aliphatic rings. The van der Waals surface area contributed by atoms with Crippen LogP contribution in [0.2, 0.25) is 0 Å². The average Bonchev–Trinajstić information content (AvgIpc) is 3.21. The van der Waals surface area contributed by atoms with Crippen LogP contribution in [0.3, 0.4) is 0 Å². The SMILES string of the molecule is CC(C)C(NC(=O)OCc1ccccc1)C(=O)CC1Cc2cnn(n2)CCNC(=O)C1=O. The molecule has 0 aliphatic carbocycles. The molecule has 2 N–H and O–H groups in total. The Kier molecular flexibility index (Phi) is 7.69. The number of ketones is 2. The summed E-state index contributed by atoms with van der Waals surface area (Å²) in [5.74, 6) is -2.90. The Balaban J connectivity index is 1.65. The van der Waals surface area contributed by atoms with E-state index in [1.807, 2.05) is 30.3 Å². The van der Waals surface area contributed by atoms with Gasteiger partial charge >= 0.3 is 6.09 Å². The van der Waals surface area contributed by atoms with Crippen LogP contribution in [0.1, 0.15) is 31.5 Å². The quantitative estimate of drug-likeness (QED) is 0.614. The lowest BCUT2D eigenvalue weighted by atomic mass is 9.87. The van der Waals surface area contributed by atoms with E-state index in [0.717, 1.165) is 5.56 Å². The average molecular weight is 441 g/mol. The first-order chi connectivity index (χ1) is 15.3. The minimum Gasteiger partial charge on any atom is -0.445 e. The Labute approximate surface area is 185 Å². The molecular formula is C22H27N5O5. The molecule has 0 saturated carbocycles. The Morgan fingerprint density at radius 2 is 2.00 bits per heavy atom. The first-order valence-corrected chi connectivity index (χ1v) is 10.5. The van der Waals surface area contributed by atoms with E-state index < -0.39 is 29.7 Å². The van der Waals surface area contributed by atoms with Gasteiger partial charge in [0.15, 0.2) is 5.78 Å². The molecule has 32 heavy (non-hydrogen) atoms. The summed E-state index contributed by atoms with van der Waals surface area (Å²) in [5, 5.41) is 13.5. The molecule has 0 radical (unpaired) electrons. The van der Waals surface area contributed by atoms with Crippen molar-refractivity contribution in [2.24, 2.45) is 11.8 Å². The third-order valence-electron chi connectivity index (χ3n) is 5.18. The fourth-order valence-electron chi connectivity index (χ4n) is 3.47. The number of amides is 2. The third-order valence-corrected chi connectivity index (χ3v) is 5.18. The largest absolute Gasteiger partial charge is 0.445 e. The summed E-state index contributed by atoms with van der Waals surface area (Å²) in [6.45, 7) is 4.21. The van der Waals surface area contributed by atoms with Gasteiger partial charge < -0.3 is 15.4 Å². The summed E-state index contributed by atoms with van der Waals surface area (Å²) < 4.78 is 5.22. The van der Waals surface area contributed by atoms with Gasteiger partial charge in [0.1, 0.15) is 6.61 Å². The van der Waals surface area contributed by atoms with Crippen LogP contribution in [0.25, 0.3) is 0 Å². The molecule has 1 aromatic heterocycles. The highest BCUT2D eigenvalue weighted by Gasteiger charge is 2.33. The predicted molar refractivity (Wildman–Crippen MR) is 113 cm³/mol. The van der Waals surface area contributed by atoms with E-state index in [-0.39, 0.29) is 37.7 Å². The highest BCUT2D eigenvalue weighted by molar-refractivity contribution is 6.37. The molecule has 0 fully saturated rings. The molecule has 2 atom stereocenters. The smallest absolute Gasteiger partial charge is 0.408 e. The Bertz CT molecular complexity index is 972. The molecule has 0 spiro atoms. The number of aromatic nitrogens is 3. The number of Topliss-reactive ketones (excluding diaryl/α,β-unsaturated/α-hetero) is 2. The highest BCUT2D eigenvalue weighted by Crippen LogP contribution is 2.17. The lowest BCUT2D eigenvalue weighted by molar-refractivity contribution is -0.141. The lowest BCUT2D eigenvalue weighted by Gasteiger charge is -2.23. The predicted octanol–water partition coefficient (Wildman–Crippen LogP) is 1.05. The zero-order valence-electron chi connectivity index (χ0n) is 18.1. The summed E-state index contributed by atoms with van der Waals surface area (Å²) in [7, 11) is 0. The molecular weight excluding hydrogens is 414 g/mol. The molecule has 2 bridgehead atoms. The molecule has 10 nitrogen and oxygen atoms in total. The second kappa shape index (κ2) is 10.7. The van der Waals surface area contributed by atoms with Gasteiger partial charge in [-0.3, -0.25) is 14.4 Å². The molecule has 3 rings (SSSR count). The van der Waals surface area contributed by atoms with Gasteiger partial charge in [-0.05, 0) is 11.5 Å². The Morgan fingerprint density at radius 3 is 2.72 bits per heavy atom. The third kappa shape index (κ3) is 6.22.